The standard InChI is InChI=1S/C21H25FO5S/c1-2-12-3-5-13(6-4-12)9-14-7-8-15(22)10-16(14)27-21-20(26)19(25)18(24)17(11-23)28-21/h3-8,10,17-21,23-26H,2,9,11H2,1H3/t17-,18-,19+,20-,21-/m1/s1. The molecule has 5 atom stereocenters. The van der Waals surface area contributed by atoms with Crippen molar-refractivity contribution in [2.24, 2.45) is 0 Å². The van der Waals surface area contributed by atoms with E-state index in [0.29, 0.717) is 6.42 Å². The van der Waals surface area contributed by atoms with Crippen LogP contribution in [0.4, 0.5) is 4.39 Å². The highest BCUT2D eigenvalue weighted by Crippen LogP contribution is 2.35. The Hall–Kier alpha value is -1.64. The Morgan fingerprint density at radius 3 is 2.29 bits per heavy atom. The molecule has 0 bridgehead atoms. The molecule has 152 valence electrons. The Labute approximate surface area is 167 Å². The van der Waals surface area contributed by atoms with Gasteiger partial charge in [-0.2, -0.15) is 0 Å². The van der Waals surface area contributed by atoms with E-state index in [1.807, 2.05) is 24.3 Å². The molecule has 0 aromatic heterocycles. The minimum absolute atomic E-state index is 0.261. The van der Waals surface area contributed by atoms with Crippen LogP contribution >= 0.6 is 11.8 Å². The summed E-state index contributed by atoms with van der Waals surface area (Å²) >= 11 is 1.02. The lowest BCUT2D eigenvalue weighted by Gasteiger charge is -2.39. The summed E-state index contributed by atoms with van der Waals surface area (Å²) in [6.07, 6.45) is -2.64. The van der Waals surface area contributed by atoms with E-state index >= 15 is 0 Å². The summed E-state index contributed by atoms with van der Waals surface area (Å²) in [6, 6.07) is 12.3. The van der Waals surface area contributed by atoms with Crippen molar-refractivity contribution < 1.29 is 29.6 Å². The third-order valence-corrected chi connectivity index (χ3v) is 6.37. The molecule has 0 saturated carbocycles. The van der Waals surface area contributed by atoms with Crippen molar-refractivity contribution in [1.82, 2.24) is 0 Å². The van der Waals surface area contributed by atoms with E-state index in [1.54, 1.807) is 6.07 Å². The van der Waals surface area contributed by atoms with Crippen LogP contribution in [0.25, 0.3) is 0 Å². The number of halogens is 1. The van der Waals surface area contributed by atoms with Gasteiger partial charge in [0.1, 0.15) is 23.8 Å². The fourth-order valence-electron chi connectivity index (χ4n) is 3.19. The van der Waals surface area contributed by atoms with E-state index in [-0.39, 0.29) is 12.4 Å². The Bertz CT molecular complexity index is 783. The zero-order valence-electron chi connectivity index (χ0n) is 15.5. The maximum atomic E-state index is 13.8. The van der Waals surface area contributed by atoms with Crippen LogP contribution in [-0.2, 0) is 12.8 Å². The van der Waals surface area contributed by atoms with Crippen LogP contribution in [0.2, 0.25) is 0 Å². The van der Waals surface area contributed by atoms with Crippen molar-refractivity contribution in [3.05, 3.63) is 65.0 Å². The van der Waals surface area contributed by atoms with Gasteiger partial charge >= 0.3 is 0 Å². The van der Waals surface area contributed by atoms with Gasteiger partial charge in [-0.3, -0.25) is 0 Å². The molecule has 1 aliphatic heterocycles. The smallest absolute Gasteiger partial charge is 0.173 e. The van der Waals surface area contributed by atoms with Crippen LogP contribution in [0.15, 0.2) is 42.5 Å². The van der Waals surface area contributed by atoms with Gasteiger partial charge in [-0.25, -0.2) is 4.39 Å². The highest BCUT2D eigenvalue weighted by molar-refractivity contribution is 8.00. The molecule has 2 aromatic rings. The van der Waals surface area contributed by atoms with Gasteiger partial charge in [0.25, 0.3) is 0 Å². The van der Waals surface area contributed by atoms with Crippen LogP contribution in [-0.4, -0.2) is 56.0 Å². The first kappa shape index (κ1) is 21.1. The Balaban J connectivity index is 1.82. The largest absolute Gasteiger partial charge is 0.477 e. The zero-order chi connectivity index (χ0) is 20.3. The number of aliphatic hydroxyl groups is 4. The molecule has 1 fully saturated rings. The van der Waals surface area contributed by atoms with Crippen molar-refractivity contribution in [1.29, 1.82) is 0 Å². The monoisotopic (exact) mass is 408 g/mol. The van der Waals surface area contributed by atoms with E-state index < -0.39 is 34.8 Å². The molecule has 1 saturated heterocycles. The number of benzene rings is 2. The molecule has 3 rings (SSSR count). The first-order valence-corrected chi connectivity index (χ1v) is 10.2. The summed E-state index contributed by atoms with van der Waals surface area (Å²) in [6.45, 7) is 1.70. The quantitative estimate of drug-likeness (QED) is 0.584. The highest BCUT2D eigenvalue weighted by atomic mass is 32.2. The van der Waals surface area contributed by atoms with Crippen molar-refractivity contribution in [3.8, 4) is 5.75 Å². The second-order valence-electron chi connectivity index (χ2n) is 6.91. The molecular weight excluding hydrogens is 383 g/mol. The SMILES string of the molecule is CCc1ccc(Cc2ccc(F)cc2O[C@@H]2S[C@H](CO)[C@@H](O)[C@H](O)[C@H]2O)cc1. The van der Waals surface area contributed by atoms with Crippen LogP contribution < -0.4 is 4.74 Å². The van der Waals surface area contributed by atoms with Crippen LogP contribution in [0, 0.1) is 5.82 Å². The summed E-state index contributed by atoms with van der Waals surface area (Å²) in [5, 5.41) is 38.9. The molecule has 1 heterocycles. The molecule has 0 amide bonds. The Morgan fingerprint density at radius 2 is 1.64 bits per heavy atom. The summed E-state index contributed by atoms with van der Waals surface area (Å²) < 4.78 is 19.7. The van der Waals surface area contributed by atoms with E-state index in [0.717, 1.165) is 29.3 Å². The van der Waals surface area contributed by atoms with Crippen LogP contribution in [0.5, 0.6) is 5.75 Å². The maximum Gasteiger partial charge on any atom is 0.173 e. The third-order valence-electron chi connectivity index (χ3n) is 4.95. The van der Waals surface area contributed by atoms with Gasteiger partial charge in [-0.05, 0) is 29.2 Å². The fraction of sp³-hybridized carbons (Fsp3) is 0.429. The molecule has 0 unspecified atom stereocenters. The van der Waals surface area contributed by atoms with Crippen molar-refractivity contribution in [2.75, 3.05) is 6.61 Å². The minimum atomic E-state index is -1.46. The number of aryl methyl sites for hydroxylation is 1. The average Bonchev–Trinajstić information content (AvgIpc) is 2.71. The van der Waals surface area contributed by atoms with Gasteiger partial charge in [0.2, 0.25) is 0 Å². The summed E-state index contributed by atoms with van der Waals surface area (Å²) in [7, 11) is 0. The van der Waals surface area contributed by atoms with Crippen molar-refractivity contribution in [2.45, 2.75) is 48.8 Å². The lowest BCUT2D eigenvalue weighted by Crippen LogP contribution is -2.55. The second-order valence-corrected chi connectivity index (χ2v) is 8.26. The van der Waals surface area contributed by atoms with E-state index in [1.165, 1.54) is 17.7 Å². The third kappa shape index (κ3) is 4.67. The summed E-state index contributed by atoms with van der Waals surface area (Å²) in [5.41, 5.74) is 2.05. The molecule has 4 N–H and O–H groups in total. The summed E-state index contributed by atoms with van der Waals surface area (Å²) in [4.78, 5) is 0. The topological polar surface area (TPSA) is 90.2 Å². The van der Waals surface area contributed by atoms with Gasteiger partial charge in [0.15, 0.2) is 5.44 Å². The number of hydrogen-bond acceptors (Lipinski definition) is 6. The molecular formula is C21H25FO5S. The Kier molecular flexibility index (Phi) is 6.95. The maximum absolute atomic E-state index is 13.8. The second kappa shape index (κ2) is 9.24. The normalized spacial score (nSPS) is 27.6. The number of hydrogen-bond donors (Lipinski definition) is 4. The molecule has 7 heteroatoms. The highest BCUT2D eigenvalue weighted by Gasteiger charge is 2.44. The molecule has 5 nitrogen and oxygen atoms in total. The van der Waals surface area contributed by atoms with Gasteiger partial charge < -0.3 is 25.2 Å². The zero-order valence-corrected chi connectivity index (χ0v) is 16.3. The van der Waals surface area contributed by atoms with E-state index in [9.17, 15) is 24.8 Å². The average molecular weight is 408 g/mol. The Morgan fingerprint density at radius 1 is 0.964 bits per heavy atom. The van der Waals surface area contributed by atoms with Crippen LogP contribution in [0.1, 0.15) is 23.6 Å². The molecule has 2 aromatic carbocycles. The molecule has 0 aliphatic carbocycles. The molecule has 0 radical (unpaired) electrons. The van der Waals surface area contributed by atoms with Gasteiger partial charge in [0, 0.05) is 12.5 Å². The number of aliphatic hydroxyl groups excluding tert-OH is 4. The van der Waals surface area contributed by atoms with Gasteiger partial charge in [-0.1, -0.05) is 37.3 Å². The van der Waals surface area contributed by atoms with Gasteiger partial charge in [-0.15, -0.1) is 11.8 Å². The fourth-order valence-corrected chi connectivity index (χ4v) is 4.42. The molecule has 28 heavy (non-hydrogen) atoms. The predicted octanol–water partition coefficient (Wildman–Crippen LogP) is 1.87. The lowest BCUT2D eigenvalue weighted by atomic mass is 10.0. The lowest BCUT2D eigenvalue weighted by molar-refractivity contribution is -0.0910. The summed E-state index contributed by atoms with van der Waals surface area (Å²) in [5.74, 6) is -0.217. The first-order valence-electron chi connectivity index (χ1n) is 9.26. The molecule has 0 spiro atoms. The van der Waals surface area contributed by atoms with E-state index in [2.05, 4.69) is 6.92 Å². The van der Waals surface area contributed by atoms with E-state index in [4.69, 9.17) is 4.74 Å². The molecule has 1 aliphatic rings. The number of ether oxygens (including phenoxy) is 1. The predicted molar refractivity (Wildman–Crippen MR) is 106 cm³/mol. The number of thioether (sulfide) groups is 1. The van der Waals surface area contributed by atoms with Gasteiger partial charge in [0.05, 0.1) is 18.0 Å². The minimum Gasteiger partial charge on any atom is -0.477 e. The van der Waals surface area contributed by atoms with Crippen molar-refractivity contribution >= 4 is 11.8 Å². The first-order chi connectivity index (χ1) is 13.4. The van der Waals surface area contributed by atoms with Crippen LogP contribution in [0.3, 0.4) is 0 Å². The number of rotatable bonds is 6. The van der Waals surface area contributed by atoms with Crippen molar-refractivity contribution in [3.63, 3.8) is 0 Å².